The Kier molecular flexibility index (Phi) is 14.3. The predicted molar refractivity (Wildman–Crippen MR) is 227 cm³/mol. The van der Waals surface area contributed by atoms with Crippen molar-refractivity contribution in [2.45, 2.75) is 140 Å². The van der Waals surface area contributed by atoms with Gasteiger partial charge in [-0.3, -0.25) is 14.9 Å². The van der Waals surface area contributed by atoms with Crippen molar-refractivity contribution in [2.24, 2.45) is 17.8 Å². The number of anilines is 1. The van der Waals surface area contributed by atoms with E-state index in [0.29, 0.717) is 30.4 Å². The molecule has 5 aliphatic rings. The van der Waals surface area contributed by atoms with Crippen LogP contribution in [0.2, 0.25) is 5.02 Å². The van der Waals surface area contributed by atoms with Crippen LogP contribution in [0, 0.1) is 17.8 Å². The first-order chi connectivity index (χ1) is 28.4. The number of epoxide rings is 1. The van der Waals surface area contributed by atoms with Gasteiger partial charge in [0, 0.05) is 52.6 Å². The number of allylic oxidation sites excluding steroid dienone is 3. The molecule has 3 aliphatic heterocycles. The van der Waals surface area contributed by atoms with Crippen molar-refractivity contribution >= 4 is 41.2 Å². The second-order valence-corrected chi connectivity index (χ2v) is 18.4. The smallest absolute Gasteiger partial charge is 0.409 e. The fourth-order valence-corrected chi connectivity index (χ4v) is 9.89. The van der Waals surface area contributed by atoms with Crippen molar-refractivity contribution in [3.05, 3.63) is 46.5 Å². The van der Waals surface area contributed by atoms with Gasteiger partial charge in [0.15, 0.2) is 5.72 Å². The predicted octanol–water partition coefficient (Wildman–Crippen LogP) is 5.81. The number of nitrogens with one attached hydrogen (secondary N) is 1. The third kappa shape index (κ3) is 9.83. The highest BCUT2D eigenvalue weighted by molar-refractivity contribution is 6.35. The van der Waals surface area contributed by atoms with Gasteiger partial charge in [0.1, 0.15) is 40.7 Å². The van der Waals surface area contributed by atoms with Crippen LogP contribution in [0.5, 0.6) is 5.75 Å². The topological polar surface area (TPSA) is 160 Å². The van der Waals surface area contributed by atoms with Crippen molar-refractivity contribution < 1.29 is 48.0 Å². The molecule has 60 heavy (non-hydrogen) atoms. The number of benzene rings is 1. The summed E-state index contributed by atoms with van der Waals surface area (Å²) in [7, 11) is 8.22. The van der Waals surface area contributed by atoms with Crippen LogP contribution in [0.4, 0.5) is 10.5 Å². The van der Waals surface area contributed by atoms with Gasteiger partial charge in [-0.1, -0.05) is 61.6 Å². The van der Waals surface area contributed by atoms with Crippen LogP contribution in [0.1, 0.15) is 91.0 Å². The Bertz CT molecular complexity index is 1840. The fraction of sp³-hybridized carbons (Fsp3) is 0.689. The van der Waals surface area contributed by atoms with E-state index in [0.717, 1.165) is 29.4 Å². The summed E-state index contributed by atoms with van der Waals surface area (Å²) in [6.07, 6.45) is 8.89. The minimum atomic E-state index is -1.82. The molecule has 332 valence electrons. The van der Waals surface area contributed by atoms with Crippen LogP contribution in [-0.2, 0) is 39.8 Å². The van der Waals surface area contributed by atoms with Crippen LogP contribution in [-0.4, -0.2) is 129 Å². The number of halogens is 1. The van der Waals surface area contributed by atoms with Gasteiger partial charge >= 0.3 is 12.1 Å². The number of aliphatic hydroxyl groups is 1. The molecule has 2 aliphatic carbocycles. The monoisotopic (exact) mass is 856 g/mol. The number of likely N-dealkylation sites (N-methyl/N-ethyl adjacent to an activating group) is 1. The van der Waals surface area contributed by atoms with Gasteiger partial charge < -0.3 is 43.5 Å². The lowest BCUT2D eigenvalue weighted by Gasteiger charge is -2.42. The van der Waals surface area contributed by atoms with Crippen LogP contribution in [0.3, 0.4) is 0 Å². The molecule has 4 bridgehead atoms. The Balaban J connectivity index is 1.23. The second kappa shape index (κ2) is 18.7. The van der Waals surface area contributed by atoms with E-state index in [-0.39, 0.29) is 30.2 Å². The zero-order chi connectivity index (χ0) is 43.7. The standard InChI is InChI=1S/C45H65ClN4O10/c1-26-12-10-15-36(57-9)45(55)25-35(58-43(54)47-45)27(2)41-44(4,60-41)37(24-39(52)50(7)33-21-29(20-26)22-34(56-8)40(33)46)59-42(53)28(3)49(6)38(51)18-19-48(5)32-17-16-31(23-32)30-13-11-14-30/h10,12,15,21-22,27-28,30-32,35-37,41,55H,11,13-14,16-20,23-25H2,1-9H3,(H,47,54)/b15-10+,26-12+/t27-,28+,31?,32?,35+,36-,37+,41+,44+,45+/m1/s1. The minimum absolute atomic E-state index is 0.0430. The Labute approximate surface area is 359 Å². The average Bonchev–Trinajstić information content (AvgIpc) is 3.66. The lowest BCUT2D eigenvalue weighted by molar-refractivity contribution is -0.162. The van der Waals surface area contributed by atoms with Gasteiger partial charge in [-0.25, -0.2) is 9.59 Å². The summed E-state index contributed by atoms with van der Waals surface area (Å²) in [5.41, 5.74) is -0.878. The summed E-state index contributed by atoms with van der Waals surface area (Å²) in [5.74, 6) is 0.212. The number of carbonyl (C=O) groups excluding carboxylic acids is 4. The summed E-state index contributed by atoms with van der Waals surface area (Å²) in [4.78, 5) is 59.9. The number of ether oxygens (including phenoxy) is 5. The first kappa shape index (κ1) is 45.8. The highest BCUT2D eigenvalue weighted by Gasteiger charge is 2.64. The number of carbonyl (C=O) groups is 4. The first-order valence-corrected chi connectivity index (χ1v) is 21.8. The molecule has 6 rings (SSSR count). The summed E-state index contributed by atoms with van der Waals surface area (Å²) in [6, 6.07) is 3.11. The summed E-state index contributed by atoms with van der Waals surface area (Å²) in [6.45, 7) is 7.70. The number of alkyl carbamates (subject to hydrolysis) is 1. The Morgan fingerprint density at radius 3 is 2.53 bits per heavy atom. The van der Waals surface area contributed by atoms with E-state index in [9.17, 15) is 24.3 Å². The van der Waals surface area contributed by atoms with E-state index in [1.807, 2.05) is 26.0 Å². The van der Waals surface area contributed by atoms with Gasteiger partial charge in [0.05, 0.1) is 25.3 Å². The number of rotatable bonds is 10. The Hall–Kier alpha value is -3.69. The summed E-state index contributed by atoms with van der Waals surface area (Å²) >= 11 is 6.82. The number of nitrogens with zero attached hydrogens (tertiary/aromatic N) is 3. The first-order valence-electron chi connectivity index (χ1n) is 21.4. The number of amides is 3. The molecule has 1 aromatic rings. The molecular formula is C45H65ClN4O10. The average molecular weight is 857 g/mol. The number of methoxy groups -OCH3 is 2. The largest absolute Gasteiger partial charge is 0.495 e. The number of fused-ring (bicyclic) bond motifs is 5. The zero-order valence-electron chi connectivity index (χ0n) is 36.7. The molecule has 2 saturated carbocycles. The van der Waals surface area contributed by atoms with Crippen molar-refractivity contribution in [2.75, 3.05) is 46.8 Å². The maximum Gasteiger partial charge on any atom is 0.409 e. The molecule has 2 unspecified atom stereocenters. The molecule has 1 aromatic carbocycles. The maximum atomic E-state index is 14.3. The number of hydrogen-bond donors (Lipinski definition) is 2. The molecule has 0 radical (unpaired) electrons. The molecule has 2 saturated heterocycles. The van der Waals surface area contributed by atoms with Gasteiger partial charge in [0.2, 0.25) is 11.8 Å². The number of hydrogen-bond acceptors (Lipinski definition) is 11. The highest BCUT2D eigenvalue weighted by atomic mass is 35.5. The highest BCUT2D eigenvalue weighted by Crippen LogP contribution is 2.49. The third-order valence-electron chi connectivity index (χ3n) is 14.1. The third-order valence-corrected chi connectivity index (χ3v) is 14.5. The zero-order valence-corrected chi connectivity index (χ0v) is 37.5. The Morgan fingerprint density at radius 1 is 1.13 bits per heavy atom. The van der Waals surface area contributed by atoms with E-state index in [1.54, 1.807) is 46.2 Å². The molecule has 3 heterocycles. The molecule has 0 aromatic heterocycles. The summed E-state index contributed by atoms with van der Waals surface area (Å²) in [5, 5.41) is 14.6. The van der Waals surface area contributed by atoms with Crippen molar-refractivity contribution in [1.82, 2.24) is 15.1 Å². The molecule has 3 amide bonds. The van der Waals surface area contributed by atoms with Crippen LogP contribution < -0.4 is 15.0 Å². The van der Waals surface area contributed by atoms with Crippen molar-refractivity contribution in [3.8, 4) is 5.75 Å². The molecule has 10 atom stereocenters. The van der Waals surface area contributed by atoms with Gasteiger partial charge in [-0.2, -0.15) is 0 Å². The van der Waals surface area contributed by atoms with Crippen molar-refractivity contribution in [3.63, 3.8) is 0 Å². The van der Waals surface area contributed by atoms with Crippen LogP contribution in [0.15, 0.2) is 35.9 Å². The fourth-order valence-electron chi connectivity index (χ4n) is 9.58. The molecule has 4 fully saturated rings. The molecule has 0 spiro atoms. The normalized spacial score (nSPS) is 34.3. The number of esters is 1. The lowest BCUT2D eigenvalue weighted by Crippen LogP contribution is -2.63. The van der Waals surface area contributed by atoms with E-state index < -0.39 is 65.7 Å². The molecule has 14 nitrogen and oxygen atoms in total. The van der Waals surface area contributed by atoms with E-state index in [1.165, 1.54) is 56.1 Å². The van der Waals surface area contributed by atoms with Gasteiger partial charge in [-0.15, -0.1) is 0 Å². The van der Waals surface area contributed by atoms with E-state index >= 15 is 0 Å². The van der Waals surface area contributed by atoms with Crippen LogP contribution in [0.25, 0.3) is 0 Å². The van der Waals surface area contributed by atoms with Gasteiger partial charge in [0.25, 0.3) is 0 Å². The van der Waals surface area contributed by atoms with Crippen LogP contribution >= 0.6 is 11.6 Å². The summed E-state index contributed by atoms with van der Waals surface area (Å²) < 4.78 is 29.5. The van der Waals surface area contributed by atoms with E-state index in [4.69, 9.17) is 35.3 Å². The molecule has 15 heteroatoms. The SMILES string of the molecule is COc1cc2cc(c1Cl)N(C)C(=O)C[C@H](OC(=O)[C@H](C)N(C)C(=O)CCN(C)C1CCC(C3CCC3)C1)[C@]1(C)O[C@H]1[C@H](C)[C@@H]1C[C@@](O)(NC(=O)O1)[C@H](OC)/C=C/C=C(\C)C2. The Morgan fingerprint density at radius 2 is 1.87 bits per heavy atom. The minimum Gasteiger partial charge on any atom is -0.495 e. The quantitative estimate of drug-likeness (QED) is 0.216. The van der Waals surface area contributed by atoms with Crippen molar-refractivity contribution in [1.29, 1.82) is 0 Å². The van der Waals surface area contributed by atoms with E-state index in [2.05, 4.69) is 17.3 Å². The molecule has 2 N–H and O–H groups in total. The maximum absolute atomic E-state index is 14.3. The lowest BCUT2D eigenvalue weighted by atomic mass is 9.75. The second-order valence-electron chi connectivity index (χ2n) is 18.1. The van der Waals surface area contributed by atoms with Gasteiger partial charge in [-0.05, 0) is 83.0 Å². The molecular weight excluding hydrogens is 792 g/mol.